The lowest BCUT2D eigenvalue weighted by Crippen LogP contribution is -2.32. The van der Waals surface area contributed by atoms with Gasteiger partial charge in [0.25, 0.3) is 5.91 Å². The Morgan fingerprint density at radius 1 is 1.47 bits per heavy atom. The number of oxazole rings is 1. The summed E-state index contributed by atoms with van der Waals surface area (Å²) in [6, 6.07) is 0. The lowest BCUT2D eigenvalue weighted by atomic mass is 10.3. The largest absolute Gasteiger partial charge is 0.448 e. The Morgan fingerprint density at radius 3 is 2.87 bits per heavy atom. The first-order chi connectivity index (χ1) is 7.25. The minimum Gasteiger partial charge on any atom is -0.448 e. The summed E-state index contributed by atoms with van der Waals surface area (Å²) in [4.78, 5) is 15.3. The van der Waals surface area contributed by atoms with Crippen LogP contribution in [0.4, 0.5) is 0 Å². The molecule has 0 saturated carbocycles. The molecule has 0 aliphatic rings. The maximum Gasteiger partial charge on any atom is 0.273 e. The van der Waals surface area contributed by atoms with E-state index in [-0.39, 0.29) is 5.91 Å². The van der Waals surface area contributed by atoms with Gasteiger partial charge in [-0.15, -0.1) is 0 Å². The van der Waals surface area contributed by atoms with Crippen LogP contribution in [0, 0.1) is 6.92 Å². The molecule has 0 bridgehead atoms. The van der Waals surface area contributed by atoms with Gasteiger partial charge in [0.2, 0.25) is 0 Å². The number of aryl methyl sites for hydroxylation is 1. The second kappa shape index (κ2) is 6.19. The van der Waals surface area contributed by atoms with Crippen molar-refractivity contribution in [2.24, 2.45) is 0 Å². The maximum atomic E-state index is 11.5. The molecule has 15 heavy (non-hydrogen) atoms. The fourth-order valence-electron chi connectivity index (χ4n) is 1.17. The average Bonchev–Trinajstić information content (AvgIpc) is 2.64. The summed E-state index contributed by atoms with van der Waals surface area (Å²) in [5.74, 6) is 0.369. The molecule has 1 aromatic rings. The summed E-state index contributed by atoms with van der Waals surface area (Å²) >= 11 is 0. The van der Waals surface area contributed by atoms with Gasteiger partial charge in [-0.2, -0.15) is 0 Å². The van der Waals surface area contributed by atoms with Gasteiger partial charge in [-0.25, -0.2) is 4.98 Å². The molecule has 1 aromatic heterocycles. The predicted molar refractivity (Wildman–Crippen MR) is 56.7 cm³/mol. The molecule has 0 saturated heterocycles. The molecule has 0 radical (unpaired) electrons. The van der Waals surface area contributed by atoms with E-state index in [1.807, 2.05) is 0 Å². The van der Waals surface area contributed by atoms with Crippen LogP contribution in [0.5, 0.6) is 0 Å². The highest BCUT2D eigenvalue weighted by molar-refractivity contribution is 5.92. The number of hydrogen-bond donors (Lipinski definition) is 2. The van der Waals surface area contributed by atoms with E-state index in [1.165, 1.54) is 6.39 Å². The second-order valence-corrected chi connectivity index (χ2v) is 3.26. The van der Waals surface area contributed by atoms with Crippen LogP contribution in [0.15, 0.2) is 10.8 Å². The van der Waals surface area contributed by atoms with E-state index in [0.29, 0.717) is 18.0 Å². The van der Waals surface area contributed by atoms with Crippen LogP contribution in [0.25, 0.3) is 0 Å². The Bertz CT molecular complexity index is 309. The Kier molecular flexibility index (Phi) is 4.83. The van der Waals surface area contributed by atoms with Gasteiger partial charge in [-0.3, -0.25) is 4.79 Å². The molecule has 0 aliphatic carbocycles. The first-order valence-electron chi connectivity index (χ1n) is 5.14. The minimum absolute atomic E-state index is 0.181. The third kappa shape index (κ3) is 3.71. The van der Waals surface area contributed by atoms with Crippen molar-refractivity contribution in [2.45, 2.75) is 20.3 Å². The third-order valence-electron chi connectivity index (χ3n) is 1.97. The summed E-state index contributed by atoms with van der Waals surface area (Å²) in [5.41, 5.74) is 0.366. The molecule has 5 nitrogen and oxygen atoms in total. The average molecular weight is 211 g/mol. The second-order valence-electron chi connectivity index (χ2n) is 3.26. The van der Waals surface area contributed by atoms with Crippen molar-refractivity contribution in [1.29, 1.82) is 0 Å². The summed E-state index contributed by atoms with van der Waals surface area (Å²) < 4.78 is 4.94. The molecule has 0 aromatic carbocycles. The molecule has 5 heteroatoms. The van der Waals surface area contributed by atoms with Crippen molar-refractivity contribution in [3.05, 3.63) is 17.8 Å². The SMILES string of the molecule is CCCNCCNC(=O)c1ncoc1C. The molecule has 1 heterocycles. The molecular formula is C10H17N3O2. The molecule has 0 aliphatic heterocycles. The van der Waals surface area contributed by atoms with Crippen LogP contribution < -0.4 is 10.6 Å². The highest BCUT2D eigenvalue weighted by Gasteiger charge is 2.11. The van der Waals surface area contributed by atoms with Crippen molar-refractivity contribution in [3.63, 3.8) is 0 Å². The van der Waals surface area contributed by atoms with Crippen molar-refractivity contribution < 1.29 is 9.21 Å². The van der Waals surface area contributed by atoms with Gasteiger partial charge in [0, 0.05) is 13.1 Å². The highest BCUT2D eigenvalue weighted by Crippen LogP contribution is 2.03. The minimum atomic E-state index is -0.181. The number of hydrogen-bond acceptors (Lipinski definition) is 4. The number of amides is 1. The quantitative estimate of drug-likeness (QED) is 0.680. The monoisotopic (exact) mass is 211 g/mol. The van der Waals surface area contributed by atoms with E-state index >= 15 is 0 Å². The first-order valence-corrected chi connectivity index (χ1v) is 5.14. The van der Waals surface area contributed by atoms with Crippen molar-refractivity contribution in [3.8, 4) is 0 Å². The summed E-state index contributed by atoms with van der Waals surface area (Å²) in [7, 11) is 0. The smallest absolute Gasteiger partial charge is 0.273 e. The molecule has 0 unspecified atom stereocenters. The Hall–Kier alpha value is -1.36. The fourth-order valence-corrected chi connectivity index (χ4v) is 1.17. The molecule has 0 fully saturated rings. The maximum absolute atomic E-state index is 11.5. The molecule has 1 rings (SSSR count). The van der Waals surface area contributed by atoms with Crippen molar-refractivity contribution >= 4 is 5.91 Å². The van der Waals surface area contributed by atoms with Crippen LogP contribution >= 0.6 is 0 Å². The number of carbonyl (C=O) groups is 1. The van der Waals surface area contributed by atoms with Gasteiger partial charge in [-0.05, 0) is 19.9 Å². The van der Waals surface area contributed by atoms with E-state index in [9.17, 15) is 4.79 Å². The lowest BCUT2D eigenvalue weighted by Gasteiger charge is -2.04. The van der Waals surface area contributed by atoms with Gasteiger partial charge < -0.3 is 15.1 Å². The lowest BCUT2D eigenvalue weighted by molar-refractivity contribution is 0.0948. The van der Waals surface area contributed by atoms with Crippen LogP contribution in [-0.2, 0) is 0 Å². The van der Waals surface area contributed by atoms with Crippen LogP contribution in [-0.4, -0.2) is 30.5 Å². The summed E-state index contributed by atoms with van der Waals surface area (Å²) in [5, 5.41) is 5.95. The third-order valence-corrected chi connectivity index (χ3v) is 1.97. The fraction of sp³-hybridized carbons (Fsp3) is 0.600. The Morgan fingerprint density at radius 2 is 2.27 bits per heavy atom. The number of aromatic nitrogens is 1. The Labute approximate surface area is 89.3 Å². The zero-order valence-corrected chi connectivity index (χ0v) is 9.17. The molecule has 2 N–H and O–H groups in total. The highest BCUT2D eigenvalue weighted by atomic mass is 16.3. The van der Waals surface area contributed by atoms with Crippen LogP contribution in [0.2, 0.25) is 0 Å². The number of nitrogens with zero attached hydrogens (tertiary/aromatic N) is 1. The number of rotatable bonds is 6. The molecule has 0 spiro atoms. The van der Waals surface area contributed by atoms with Crippen LogP contribution in [0.3, 0.4) is 0 Å². The van der Waals surface area contributed by atoms with E-state index < -0.39 is 0 Å². The van der Waals surface area contributed by atoms with E-state index in [2.05, 4.69) is 22.5 Å². The zero-order chi connectivity index (χ0) is 11.1. The standard InChI is InChI=1S/C10H17N3O2/c1-3-4-11-5-6-12-10(14)9-8(2)15-7-13-9/h7,11H,3-6H2,1-2H3,(H,12,14). The van der Waals surface area contributed by atoms with Crippen molar-refractivity contribution in [2.75, 3.05) is 19.6 Å². The number of nitrogens with one attached hydrogen (secondary N) is 2. The first kappa shape index (κ1) is 11.7. The predicted octanol–water partition coefficient (Wildman–Crippen LogP) is 0.712. The van der Waals surface area contributed by atoms with E-state index in [4.69, 9.17) is 4.42 Å². The normalized spacial score (nSPS) is 10.3. The van der Waals surface area contributed by atoms with Gasteiger partial charge in [0.1, 0.15) is 5.76 Å². The Balaban J connectivity index is 2.22. The molecule has 0 atom stereocenters. The van der Waals surface area contributed by atoms with E-state index in [1.54, 1.807) is 6.92 Å². The van der Waals surface area contributed by atoms with E-state index in [0.717, 1.165) is 19.5 Å². The van der Waals surface area contributed by atoms with Gasteiger partial charge in [0.15, 0.2) is 12.1 Å². The van der Waals surface area contributed by atoms with Crippen molar-refractivity contribution in [1.82, 2.24) is 15.6 Å². The molecule has 84 valence electrons. The van der Waals surface area contributed by atoms with Gasteiger partial charge in [0.05, 0.1) is 0 Å². The van der Waals surface area contributed by atoms with Gasteiger partial charge >= 0.3 is 0 Å². The topological polar surface area (TPSA) is 67.2 Å². The summed E-state index contributed by atoms with van der Waals surface area (Å²) in [6.45, 7) is 6.17. The number of carbonyl (C=O) groups excluding carboxylic acids is 1. The summed E-state index contributed by atoms with van der Waals surface area (Å²) in [6.07, 6.45) is 2.37. The zero-order valence-electron chi connectivity index (χ0n) is 9.17. The van der Waals surface area contributed by atoms with Crippen LogP contribution in [0.1, 0.15) is 29.6 Å². The molecule has 1 amide bonds. The van der Waals surface area contributed by atoms with Gasteiger partial charge in [-0.1, -0.05) is 6.92 Å². The molecular weight excluding hydrogens is 194 g/mol.